The molecule has 136 valence electrons. The number of amides is 1. The van der Waals surface area contributed by atoms with Gasteiger partial charge in [-0.1, -0.05) is 25.1 Å². The lowest BCUT2D eigenvalue weighted by atomic mass is 10.3. The number of rotatable bonds is 8. The topological polar surface area (TPSA) is 92.8 Å². The summed E-state index contributed by atoms with van der Waals surface area (Å²) in [6, 6.07) is 7.41. The number of aromatic amines is 1. The van der Waals surface area contributed by atoms with Gasteiger partial charge in [0.25, 0.3) is 0 Å². The van der Waals surface area contributed by atoms with Gasteiger partial charge in [-0.25, -0.2) is 15.0 Å². The highest BCUT2D eigenvalue weighted by atomic mass is 32.2. The number of hydrogen-bond acceptors (Lipinski definition) is 6. The minimum absolute atomic E-state index is 0.0964. The Hall–Kier alpha value is -2.61. The summed E-state index contributed by atoms with van der Waals surface area (Å²) in [6.45, 7) is 4.67. The van der Waals surface area contributed by atoms with Crippen molar-refractivity contribution in [2.45, 2.75) is 37.0 Å². The van der Waals surface area contributed by atoms with Crippen molar-refractivity contribution >= 4 is 34.5 Å². The number of anilines is 1. The molecule has 0 radical (unpaired) electrons. The molecular formula is C18H21N5O2S. The second-order valence-electron chi connectivity index (χ2n) is 5.76. The van der Waals surface area contributed by atoms with Gasteiger partial charge >= 0.3 is 0 Å². The van der Waals surface area contributed by atoms with Crippen molar-refractivity contribution < 1.29 is 9.53 Å². The van der Waals surface area contributed by atoms with Crippen molar-refractivity contribution in [3.8, 4) is 5.75 Å². The van der Waals surface area contributed by atoms with E-state index in [0.29, 0.717) is 17.3 Å². The maximum Gasteiger partial charge on any atom is 0.237 e. The van der Waals surface area contributed by atoms with Crippen molar-refractivity contribution in [2.75, 3.05) is 11.9 Å². The number of nitrogens with one attached hydrogen (secondary N) is 2. The number of hydrogen-bond donors (Lipinski definition) is 2. The largest absolute Gasteiger partial charge is 0.494 e. The lowest BCUT2D eigenvalue weighted by Crippen LogP contribution is -2.22. The molecule has 3 aromatic rings. The lowest BCUT2D eigenvalue weighted by Gasteiger charge is -2.12. The summed E-state index contributed by atoms with van der Waals surface area (Å²) in [6.07, 6.45) is 5.15. The van der Waals surface area contributed by atoms with Gasteiger partial charge in [0.05, 0.1) is 18.2 Å². The average Bonchev–Trinajstić information content (AvgIpc) is 3.13. The zero-order valence-corrected chi connectivity index (χ0v) is 15.5. The van der Waals surface area contributed by atoms with E-state index in [1.807, 2.05) is 31.2 Å². The molecule has 1 amide bonds. The van der Waals surface area contributed by atoms with E-state index < -0.39 is 0 Å². The number of thioether (sulfide) groups is 1. The first-order valence-corrected chi connectivity index (χ1v) is 9.39. The number of H-pyrrole nitrogens is 1. The van der Waals surface area contributed by atoms with Crippen LogP contribution in [0.25, 0.3) is 11.2 Å². The Balaban J connectivity index is 1.58. The van der Waals surface area contributed by atoms with E-state index in [0.717, 1.165) is 29.8 Å². The van der Waals surface area contributed by atoms with Crippen molar-refractivity contribution in [3.05, 3.63) is 36.9 Å². The fraction of sp³-hybridized carbons (Fsp3) is 0.333. The van der Waals surface area contributed by atoms with Crippen molar-refractivity contribution in [2.24, 2.45) is 0 Å². The van der Waals surface area contributed by atoms with E-state index >= 15 is 0 Å². The molecule has 2 N–H and O–H groups in total. The Labute approximate surface area is 156 Å². The third-order valence-electron chi connectivity index (χ3n) is 3.73. The molecule has 0 aliphatic carbocycles. The summed E-state index contributed by atoms with van der Waals surface area (Å²) in [4.78, 5) is 27.9. The van der Waals surface area contributed by atoms with E-state index in [1.165, 1.54) is 18.1 Å². The van der Waals surface area contributed by atoms with Gasteiger partial charge in [0, 0.05) is 5.69 Å². The number of benzene rings is 1. The van der Waals surface area contributed by atoms with Crippen LogP contribution in [0.5, 0.6) is 5.75 Å². The fourth-order valence-corrected chi connectivity index (χ4v) is 3.14. The van der Waals surface area contributed by atoms with Crippen molar-refractivity contribution in [3.63, 3.8) is 0 Å². The predicted molar refractivity (Wildman–Crippen MR) is 102 cm³/mol. The van der Waals surface area contributed by atoms with Crippen LogP contribution >= 0.6 is 11.8 Å². The van der Waals surface area contributed by atoms with Crippen LogP contribution in [0.2, 0.25) is 0 Å². The molecule has 1 aromatic carbocycles. The number of ether oxygens (including phenoxy) is 1. The third kappa shape index (κ3) is 4.51. The maximum absolute atomic E-state index is 12.5. The van der Waals surface area contributed by atoms with Gasteiger partial charge in [0.2, 0.25) is 5.91 Å². The van der Waals surface area contributed by atoms with Crippen molar-refractivity contribution in [1.82, 2.24) is 19.9 Å². The van der Waals surface area contributed by atoms with Crippen molar-refractivity contribution in [1.29, 1.82) is 0 Å². The summed E-state index contributed by atoms with van der Waals surface area (Å²) < 4.78 is 5.63. The van der Waals surface area contributed by atoms with Gasteiger partial charge in [-0.2, -0.15) is 0 Å². The number of imidazole rings is 1. The van der Waals surface area contributed by atoms with Gasteiger partial charge < -0.3 is 15.0 Å². The molecule has 0 aliphatic heterocycles. The predicted octanol–water partition coefficient (Wildman–Crippen LogP) is 3.65. The molecule has 0 saturated carbocycles. The lowest BCUT2D eigenvalue weighted by molar-refractivity contribution is -0.115. The Morgan fingerprint density at radius 3 is 2.85 bits per heavy atom. The van der Waals surface area contributed by atoms with Crippen LogP contribution in [0, 0.1) is 0 Å². The minimum atomic E-state index is -0.322. The van der Waals surface area contributed by atoms with E-state index in [4.69, 9.17) is 4.74 Å². The summed E-state index contributed by atoms with van der Waals surface area (Å²) in [7, 11) is 0. The molecule has 2 heterocycles. The SMILES string of the molecule is CCCCOc1ccc(NC(=O)C(C)Sc2ncnc3nc[nH]c23)cc1. The molecule has 8 heteroatoms. The van der Waals surface area contributed by atoms with Crippen LogP contribution in [-0.4, -0.2) is 37.7 Å². The van der Waals surface area contributed by atoms with Crippen LogP contribution in [0.1, 0.15) is 26.7 Å². The molecule has 26 heavy (non-hydrogen) atoms. The number of nitrogens with zero attached hydrogens (tertiary/aromatic N) is 3. The molecule has 3 rings (SSSR count). The maximum atomic E-state index is 12.5. The standard InChI is InChI=1S/C18H21N5O2S/c1-3-4-9-25-14-7-5-13(6-8-14)23-17(24)12(2)26-18-15-16(20-10-19-15)21-11-22-18/h5-8,10-12H,3-4,9H2,1-2H3,(H,23,24)(H,19,20,21,22). The molecule has 0 saturated heterocycles. The molecule has 7 nitrogen and oxygen atoms in total. The van der Waals surface area contributed by atoms with E-state index in [1.54, 1.807) is 6.33 Å². The summed E-state index contributed by atoms with van der Waals surface area (Å²) >= 11 is 1.36. The molecule has 1 unspecified atom stereocenters. The van der Waals surface area contributed by atoms with Gasteiger partial charge in [-0.15, -0.1) is 0 Å². The van der Waals surface area contributed by atoms with Gasteiger partial charge in [0.15, 0.2) is 5.65 Å². The second-order valence-corrected chi connectivity index (χ2v) is 7.09. The average molecular weight is 371 g/mol. The quantitative estimate of drug-likeness (QED) is 0.357. The molecule has 0 fully saturated rings. The number of carbonyl (C=O) groups is 1. The fourth-order valence-electron chi connectivity index (χ4n) is 2.27. The van der Waals surface area contributed by atoms with Crippen LogP contribution in [-0.2, 0) is 4.79 Å². The first-order valence-electron chi connectivity index (χ1n) is 8.52. The Morgan fingerprint density at radius 1 is 1.27 bits per heavy atom. The number of carbonyl (C=O) groups excluding carboxylic acids is 1. The zero-order valence-electron chi connectivity index (χ0n) is 14.7. The van der Waals surface area contributed by atoms with Gasteiger partial charge in [0.1, 0.15) is 22.6 Å². The monoisotopic (exact) mass is 371 g/mol. The highest BCUT2D eigenvalue weighted by Gasteiger charge is 2.18. The number of aromatic nitrogens is 4. The summed E-state index contributed by atoms with van der Waals surface area (Å²) in [5, 5.41) is 3.29. The molecule has 0 aliphatic rings. The van der Waals surface area contributed by atoms with Gasteiger partial charge in [-0.3, -0.25) is 4.79 Å². The normalized spacial score (nSPS) is 12.1. The highest BCUT2D eigenvalue weighted by molar-refractivity contribution is 8.00. The minimum Gasteiger partial charge on any atom is -0.494 e. The third-order valence-corrected chi connectivity index (χ3v) is 4.83. The highest BCUT2D eigenvalue weighted by Crippen LogP contribution is 2.27. The zero-order chi connectivity index (χ0) is 18.4. The number of unbranched alkanes of at least 4 members (excludes halogenated alkanes) is 1. The van der Waals surface area contributed by atoms with Crippen LogP contribution in [0.4, 0.5) is 5.69 Å². The van der Waals surface area contributed by atoms with Crippen LogP contribution in [0.3, 0.4) is 0 Å². The first-order chi connectivity index (χ1) is 12.7. The summed E-state index contributed by atoms with van der Waals surface area (Å²) in [5.41, 5.74) is 2.07. The number of fused-ring (bicyclic) bond motifs is 1. The molecule has 0 bridgehead atoms. The molecule has 2 aromatic heterocycles. The van der Waals surface area contributed by atoms with Gasteiger partial charge in [-0.05, 0) is 37.6 Å². The van der Waals surface area contributed by atoms with E-state index in [-0.39, 0.29) is 11.2 Å². The Morgan fingerprint density at radius 2 is 2.08 bits per heavy atom. The van der Waals surface area contributed by atoms with E-state index in [9.17, 15) is 4.79 Å². The Kier molecular flexibility index (Phi) is 6.06. The first kappa shape index (κ1) is 18.2. The molecule has 1 atom stereocenters. The Bertz CT molecular complexity index is 865. The van der Waals surface area contributed by atoms with Crippen LogP contribution in [0.15, 0.2) is 41.9 Å². The second kappa shape index (κ2) is 8.66. The van der Waals surface area contributed by atoms with Crippen LogP contribution < -0.4 is 10.1 Å². The summed E-state index contributed by atoms with van der Waals surface area (Å²) in [5.74, 6) is 0.711. The molecular weight excluding hydrogens is 350 g/mol. The van der Waals surface area contributed by atoms with E-state index in [2.05, 4.69) is 32.2 Å². The molecule has 0 spiro atoms. The smallest absolute Gasteiger partial charge is 0.237 e.